The van der Waals surface area contributed by atoms with Crippen molar-refractivity contribution in [1.29, 1.82) is 0 Å². The van der Waals surface area contributed by atoms with Crippen molar-refractivity contribution in [2.45, 2.75) is 44.9 Å². The molecule has 2 amide bonds. The van der Waals surface area contributed by atoms with Gasteiger partial charge in [-0.1, -0.05) is 0 Å². The zero-order valence-electron chi connectivity index (χ0n) is 15.7. The Hall–Kier alpha value is -1.79. The van der Waals surface area contributed by atoms with Gasteiger partial charge in [0.2, 0.25) is 11.8 Å². The van der Waals surface area contributed by atoms with Crippen LogP contribution in [0.3, 0.4) is 0 Å². The zero-order valence-corrected chi connectivity index (χ0v) is 16.5. The summed E-state index contributed by atoms with van der Waals surface area (Å²) in [6.45, 7) is 3.49. The van der Waals surface area contributed by atoms with Gasteiger partial charge in [-0.15, -0.1) is 12.4 Å². The van der Waals surface area contributed by atoms with Gasteiger partial charge in [-0.2, -0.15) is 0 Å². The van der Waals surface area contributed by atoms with E-state index in [1.54, 1.807) is 0 Å². The molecule has 7 heteroatoms. The number of anilines is 1. The number of nitrogens with one attached hydrogen (secondary N) is 3. The Kier molecular flexibility index (Phi) is 8.88. The molecule has 1 atom stereocenters. The smallest absolute Gasteiger partial charge is 0.224 e. The summed E-state index contributed by atoms with van der Waals surface area (Å²) in [5.41, 5.74) is 1.98. The second-order valence-electron chi connectivity index (χ2n) is 7.17. The molecule has 0 aromatic heterocycles. The lowest BCUT2D eigenvalue weighted by Crippen LogP contribution is -2.33. The largest absolute Gasteiger partial charge is 0.494 e. The number of benzene rings is 1. The Morgan fingerprint density at radius 3 is 3.00 bits per heavy atom. The lowest BCUT2D eigenvalue weighted by atomic mass is 9.96. The quantitative estimate of drug-likeness (QED) is 0.591. The Labute approximate surface area is 167 Å². The minimum atomic E-state index is 0. The maximum Gasteiger partial charge on any atom is 0.224 e. The normalized spacial score (nSPS) is 18.7. The molecular formula is C20H30ClN3O3. The molecule has 27 heavy (non-hydrogen) atoms. The van der Waals surface area contributed by atoms with Crippen LogP contribution in [0.15, 0.2) is 18.2 Å². The van der Waals surface area contributed by atoms with Gasteiger partial charge in [0.05, 0.1) is 6.61 Å². The molecule has 3 rings (SSSR count). The lowest BCUT2D eigenvalue weighted by molar-refractivity contribution is -0.121. The third-order valence-corrected chi connectivity index (χ3v) is 5.06. The molecule has 6 nitrogen and oxygen atoms in total. The SMILES string of the molecule is Cl.O=C(CCCOc1ccc2c(c1)CCC(=O)N2)NCCC1CCCNC1. The van der Waals surface area contributed by atoms with E-state index in [0.717, 1.165) is 49.5 Å². The fourth-order valence-corrected chi connectivity index (χ4v) is 3.55. The first-order valence-corrected chi connectivity index (χ1v) is 9.74. The van der Waals surface area contributed by atoms with Crippen LogP contribution in [0.25, 0.3) is 0 Å². The molecule has 3 N–H and O–H groups in total. The van der Waals surface area contributed by atoms with Crippen molar-refractivity contribution in [3.8, 4) is 5.75 Å². The van der Waals surface area contributed by atoms with Crippen LogP contribution in [0.2, 0.25) is 0 Å². The van der Waals surface area contributed by atoms with E-state index >= 15 is 0 Å². The number of ether oxygens (including phenoxy) is 1. The van der Waals surface area contributed by atoms with Crippen molar-refractivity contribution in [2.75, 3.05) is 31.6 Å². The van der Waals surface area contributed by atoms with Crippen LogP contribution in [0.1, 0.15) is 44.1 Å². The topological polar surface area (TPSA) is 79.5 Å². The monoisotopic (exact) mass is 395 g/mol. The fourth-order valence-electron chi connectivity index (χ4n) is 3.55. The molecule has 150 valence electrons. The molecule has 1 saturated heterocycles. The van der Waals surface area contributed by atoms with Crippen LogP contribution in [-0.2, 0) is 16.0 Å². The van der Waals surface area contributed by atoms with E-state index in [0.29, 0.717) is 31.8 Å². The van der Waals surface area contributed by atoms with Crippen molar-refractivity contribution >= 4 is 29.9 Å². The fraction of sp³-hybridized carbons (Fsp3) is 0.600. The summed E-state index contributed by atoms with van der Waals surface area (Å²) in [4.78, 5) is 23.3. The van der Waals surface area contributed by atoms with Crippen LogP contribution in [-0.4, -0.2) is 38.1 Å². The van der Waals surface area contributed by atoms with E-state index in [1.165, 1.54) is 12.8 Å². The molecule has 2 aliphatic heterocycles. The molecule has 0 saturated carbocycles. The zero-order chi connectivity index (χ0) is 18.2. The van der Waals surface area contributed by atoms with Gasteiger partial charge in [-0.25, -0.2) is 0 Å². The number of rotatable bonds is 8. The molecule has 2 heterocycles. The lowest BCUT2D eigenvalue weighted by Gasteiger charge is -2.22. The number of hydrogen-bond acceptors (Lipinski definition) is 4. The summed E-state index contributed by atoms with van der Waals surface area (Å²) in [7, 11) is 0. The minimum Gasteiger partial charge on any atom is -0.494 e. The first-order valence-electron chi connectivity index (χ1n) is 9.74. The second-order valence-corrected chi connectivity index (χ2v) is 7.17. The third-order valence-electron chi connectivity index (χ3n) is 5.06. The van der Waals surface area contributed by atoms with Crippen LogP contribution in [0.5, 0.6) is 5.75 Å². The van der Waals surface area contributed by atoms with Crippen LogP contribution >= 0.6 is 12.4 Å². The number of amides is 2. The molecule has 0 aliphatic carbocycles. The summed E-state index contributed by atoms with van der Waals surface area (Å²) >= 11 is 0. The van der Waals surface area contributed by atoms with Gasteiger partial charge >= 0.3 is 0 Å². The second kappa shape index (κ2) is 11.1. The van der Waals surface area contributed by atoms with Gasteiger partial charge in [0, 0.05) is 25.1 Å². The molecule has 2 aliphatic rings. The summed E-state index contributed by atoms with van der Waals surface area (Å²) in [5.74, 6) is 1.66. The molecule has 1 fully saturated rings. The Morgan fingerprint density at radius 1 is 1.30 bits per heavy atom. The highest BCUT2D eigenvalue weighted by Gasteiger charge is 2.15. The average Bonchev–Trinajstić information content (AvgIpc) is 2.66. The summed E-state index contributed by atoms with van der Waals surface area (Å²) in [6.07, 6.45) is 6.02. The standard InChI is InChI=1S/C20H29N3O3.ClH/c24-19(22-11-9-15-3-1-10-21-14-15)4-2-12-26-17-6-7-18-16(13-17)5-8-20(25)23-18;/h6-7,13,15,21H,1-5,8-12,14H2,(H,22,24)(H,23,25);1H. The average molecular weight is 396 g/mol. The van der Waals surface area contributed by atoms with E-state index in [9.17, 15) is 9.59 Å². The van der Waals surface area contributed by atoms with Crippen molar-refractivity contribution in [1.82, 2.24) is 10.6 Å². The number of piperidine rings is 1. The first-order chi connectivity index (χ1) is 12.7. The molecular weight excluding hydrogens is 366 g/mol. The highest BCUT2D eigenvalue weighted by molar-refractivity contribution is 5.94. The van der Waals surface area contributed by atoms with E-state index in [1.807, 2.05) is 18.2 Å². The Bertz CT molecular complexity index is 633. The van der Waals surface area contributed by atoms with Gasteiger partial charge in [0.1, 0.15) is 5.75 Å². The molecule has 0 bridgehead atoms. The molecule has 1 aromatic carbocycles. The van der Waals surface area contributed by atoms with Crippen LogP contribution in [0, 0.1) is 5.92 Å². The van der Waals surface area contributed by atoms with Crippen molar-refractivity contribution in [3.05, 3.63) is 23.8 Å². The third kappa shape index (κ3) is 7.03. The molecule has 0 spiro atoms. The Morgan fingerprint density at radius 2 is 2.19 bits per heavy atom. The van der Waals surface area contributed by atoms with Gasteiger partial charge in [0.15, 0.2) is 0 Å². The number of aryl methyl sites for hydroxylation is 1. The van der Waals surface area contributed by atoms with E-state index in [4.69, 9.17) is 4.74 Å². The summed E-state index contributed by atoms with van der Waals surface area (Å²) < 4.78 is 5.75. The maximum absolute atomic E-state index is 11.9. The minimum absolute atomic E-state index is 0. The van der Waals surface area contributed by atoms with Crippen molar-refractivity contribution in [3.63, 3.8) is 0 Å². The van der Waals surface area contributed by atoms with E-state index in [-0.39, 0.29) is 24.2 Å². The number of carbonyl (C=O) groups excluding carboxylic acids is 2. The Balaban J connectivity index is 0.00000261. The number of hydrogen-bond donors (Lipinski definition) is 3. The highest BCUT2D eigenvalue weighted by atomic mass is 35.5. The van der Waals surface area contributed by atoms with Crippen molar-refractivity contribution < 1.29 is 14.3 Å². The first kappa shape index (κ1) is 21.5. The van der Waals surface area contributed by atoms with E-state index in [2.05, 4.69) is 16.0 Å². The van der Waals surface area contributed by atoms with Crippen molar-refractivity contribution in [2.24, 2.45) is 5.92 Å². The van der Waals surface area contributed by atoms with Gasteiger partial charge in [-0.3, -0.25) is 9.59 Å². The van der Waals surface area contributed by atoms with Crippen LogP contribution in [0.4, 0.5) is 5.69 Å². The molecule has 0 radical (unpaired) electrons. The predicted octanol–water partition coefficient (Wildman–Crippen LogP) is 2.66. The number of carbonyl (C=O) groups is 2. The maximum atomic E-state index is 11.9. The molecule has 1 unspecified atom stereocenters. The van der Waals surface area contributed by atoms with Gasteiger partial charge in [0.25, 0.3) is 0 Å². The summed E-state index contributed by atoms with van der Waals surface area (Å²) in [5, 5.41) is 9.27. The summed E-state index contributed by atoms with van der Waals surface area (Å²) in [6, 6.07) is 5.73. The highest BCUT2D eigenvalue weighted by Crippen LogP contribution is 2.26. The van der Waals surface area contributed by atoms with Crippen LogP contribution < -0.4 is 20.7 Å². The number of halogens is 1. The van der Waals surface area contributed by atoms with Gasteiger partial charge < -0.3 is 20.7 Å². The molecule has 1 aromatic rings. The number of fused-ring (bicyclic) bond motifs is 1. The van der Waals surface area contributed by atoms with E-state index < -0.39 is 0 Å². The predicted molar refractivity (Wildman–Crippen MR) is 109 cm³/mol. The van der Waals surface area contributed by atoms with Gasteiger partial charge in [-0.05, 0) is 74.9 Å².